The van der Waals surface area contributed by atoms with E-state index in [9.17, 15) is 26.4 Å². The lowest BCUT2D eigenvalue weighted by atomic mass is 9.85. The summed E-state index contributed by atoms with van der Waals surface area (Å²) in [6.07, 6.45) is 0.308. The Balaban J connectivity index is 0.786. The zero-order valence-corrected chi connectivity index (χ0v) is 43.9. The Morgan fingerprint density at radius 2 is 1.10 bits per heavy atom. The quantitative estimate of drug-likeness (QED) is 0.0500. The van der Waals surface area contributed by atoms with Crippen molar-refractivity contribution in [3.05, 3.63) is 126 Å². The fraction of sp³-hybridized carbons (Fsp3) is 0.469. The number of nitrogens with zero attached hydrogens (tertiary/aromatic N) is 2. The van der Waals surface area contributed by atoms with Gasteiger partial charge in [0.1, 0.15) is 12.0 Å². The molecular weight excluding hydrogens is 1010 g/mol. The van der Waals surface area contributed by atoms with Crippen LogP contribution in [0.4, 0.5) is 0 Å². The number of likely N-dealkylation sites (N-methyl/N-ethyl adjacent to an activating group) is 2. The minimum absolute atomic E-state index is 0.00834. The summed E-state index contributed by atoms with van der Waals surface area (Å²) in [6.45, 7) is 6.95. The standard InChI is InChI=1S/C49H60Cl4N4O10S2/c1-49(2,47(58)32-67-22-21-66-18-15-55-69(62,63)38-12-8-34(9-13-38)42-29-57(4)31-44-40(42)25-36(51)27-46(44)53)48(59)54-14-17-65-20-19-64-16-5-23-68(60,61)37-10-6-33(7-11-37)41-28-56(3)30-43-39(41)24-35(50)26-45(43)52/h6-13,24-27,41-42,55H,5,14-23,28-32H2,1-4H3,(H,54,59). The summed E-state index contributed by atoms with van der Waals surface area (Å²) < 4.78 is 76.7. The molecule has 0 spiro atoms. The molecule has 2 N–H and O–H groups in total. The summed E-state index contributed by atoms with van der Waals surface area (Å²) >= 11 is 25.6. The number of sulfonamides is 1. The molecule has 4 aromatic carbocycles. The molecule has 376 valence electrons. The molecule has 2 aliphatic heterocycles. The van der Waals surface area contributed by atoms with Crippen LogP contribution >= 0.6 is 46.4 Å². The number of carbonyl (C=O) groups excluding carboxylic acids is 2. The van der Waals surface area contributed by atoms with Gasteiger partial charge in [-0.05, 0) is 116 Å². The van der Waals surface area contributed by atoms with Gasteiger partial charge in [0.25, 0.3) is 0 Å². The van der Waals surface area contributed by atoms with Crippen LogP contribution in [0.1, 0.15) is 65.5 Å². The third kappa shape index (κ3) is 14.9. The molecule has 0 saturated carbocycles. The van der Waals surface area contributed by atoms with Crippen LogP contribution < -0.4 is 10.0 Å². The maximum Gasteiger partial charge on any atom is 0.240 e. The second-order valence-electron chi connectivity index (χ2n) is 17.8. The van der Waals surface area contributed by atoms with Crippen LogP contribution in [0.3, 0.4) is 0 Å². The predicted octanol–water partition coefficient (Wildman–Crippen LogP) is 7.38. The smallest absolute Gasteiger partial charge is 0.240 e. The van der Waals surface area contributed by atoms with Crippen LogP contribution in [0.25, 0.3) is 0 Å². The Kier molecular flexibility index (Phi) is 19.9. The largest absolute Gasteiger partial charge is 0.379 e. The molecule has 6 rings (SSSR count). The number of ketones is 1. The molecule has 69 heavy (non-hydrogen) atoms. The van der Waals surface area contributed by atoms with Crippen molar-refractivity contribution in [1.29, 1.82) is 0 Å². The lowest BCUT2D eigenvalue weighted by Crippen LogP contribution is -2.45. The van der Waals surface area contributed by atoms with Gasteiger partial charge in [-0.1, -0.05) is 70.7 Å². The zero-order chi connectivity index (χ0) is 49.9. The summed E-state index contributed by atoms with van der Waals surface area (Å²) in [6, 6.07) is 21.1. The number of benzene rings is 4. The van der Waals surface area contributed by atoms with Gasteiger partial charge in [-0.3, -0.25) is 9.59 Å². The van der Waals surface area contributed by atoms with Crippen LogP contribution in [0.15, 0.2) is 82.6 Å². The molecule has 0 saturated heterocycles. The number of halogens is 4. The van der Waals surface area contributed by atoms with Gasteiger partial charge in [-0.15, -0.1) is 0 Å². The highest BCUT2D eigenvalue weighted by molar-refractivity contribution is 7.91. The average molecular weight is 1070 g/mol. The van der Waals surface area contributed by atoms with Gasteiger partial charge in [-0.2, -0.15) is 0 Å². The predicted molar refractivity (Wildman–Crippen MR) is 269 cm³/mol. The zero-order valence-electron chi connectivity index (χ0n) is 39.2. The molecule has 1 amide bonds. The molecule has 2 atom stereocenters. The topological polar surface area (TPSA) is 170 Å². The SMILES string of the molecule is CN1Cc2c(Cl)cc(Cl)cc2C(c2ccc(S(=O)(=O)CCCOCCOCCNC(=O)C(C)(C)C(=O)COCCOCCNS(=O)(=O)c3ccc(C4CN(C)Cc5c(Cl)cc(Cl)cc54)cc3)cc2)C1. The Labute approximate surface area is 426 Å². The normalized spacial score (nSPS) is 16.8. The first kappa shape index (κ1) is 55.1. The van der Waals surface area contributed by atoms with Gasteiger partial charge in [-0.25, -0.2) is 21.6 Å². The highest BCUT2D eigenvalue weighted by atomic mass is 35.5. The highest BCUT2D eigenvalue weighted by Crippen LogP contribution is 2.40. The van der Waals surface area contributed by atoms with Crippen molar-refractivity contribution in [2.24, 2.45) is 5.41 Å². The molecule has 4 aromatic rings. The number of rotatable bonds is 25. The summed E-state index contributed by atoms with van der Waals surface area (Å²) in [4.78, 5) is 30.3. The second-order valence-corrected chi connectivity index (χ2v) is 23.4. The van der Waals surface area contributed by atoms with Crippen molar-refractivity contribution in [2.45, 2.75) is 55.0 Å². The Bertz CT molecular complexity index is 2640. The molecule has 14 nitrogen and oxygen atoms in total. The first-order valence-electron chi connectivity index (χ1n) is 22.6. The molecule has 0 radical (unpaired) electrons. The lowest BCUT2D eigenvalue weighted by Gasteiger charge is -2.33. The number of hydrogen-bond donors (Lipinski definition) is 2. The number of amides is 1. The van der Waals surface area contributed by atoms with Gasteiger partial charge < -0.3 is 34.1 Å². The van der Waals surface area contributed by atoms with Crippen molar-refractivity contribution >= 4 is 78.0 Å². The molecule has 0 bridgehead atoms. The first-order chi connectivity index (χ1) is 32.8. The van der Waals surface area contributed by atoms with Crippen LogP contribution in [-0.2, 0) is 61.5 Å². The van der Waals surface area contributed by atoms with Crippen LogP contribution in [-0.4, -0.2) is 137 Å². The molecule has 2 aliphatic rings. The van der Waals surface area contributed by atoms with E-state index in [1.165, 1.54) is 13.8 Å². The molecule has 2 heterocycles. The van der Waals surface area contributed by atoms with Crippen LogP contribution in [0, 0.1) is 5.41 Å². The van der Waals surface area contributed by atoms with Crippen LogP contribution in [0.5, 0.6) is 0 Å². The molecular formula is C49H60Cl4N4O10S2. The van der Waals surface area contributed by atoms with E-state index in [0.29, 0.717) is 39.6 Å². The van der Waals surface area contributed by atoms with E-state index in [1.807, 2.05) is 38.4 Å². The van der Waals surface area contributed by atoms with E-state index in [4.69, 9.17) is 65.4 Å². The number of hydrogen-bond acceptors (Lipinski definition) is 12. The van der Waals surface area contributed by atoms with Crippen molar-refractivity contribution in [3.63, 3.8) is 0 Å². The molecule has 0 aliphatic carbocycles. The maximum absolute atomic E-state index is 13.1. The summed E-state index contributed by atoms with van der Waals surface area (Å²) in [5.41, 5.74) is 4.71. The number of sulfone groups is 1. The average Bonchev–Trinajstić information content (AvgIpc) is 3.30. The third-order valence-electron chi connectivity index (χ3n) is 12.2. The van der Waals surface area contributed by atoms with Crippen molar-refractivity contribution in [3.8, 4) is 0 Å². The second kappa shape index (κ2) is 25.0. The molecule has 0 fully saturated rings. The number of ether oxygens (including phenoxy) is 4. The fourth-order valence-corrected chi connectivity index (χ4v) is 11.8. The Morgan fingerprint density at radius 3 is 1.62 bits per heavy atom. The maximum atomic E-state index is 13.1. The number of carbonyl (C=O) groups is 2. The Morgan fingerprint density at radius 1 is 0.638 bits per heavy atom. The van der Waals surface area contributed by atoms with Gasteiger partial charge >= 0.3 is 0 Å². The van der Waals surface area contributed by atoms with Crippen molar-refractivity contribution < 1.29 is 45.4 Å². The van der Waals surface area contributed by atoms with Gasteiger partial charge in [0.05, 0.1) is 55.2 Å². The minimum atomic E-state index is -3.80. The molecule has 20 heteroatoms. The number of Topliss-reactive ketones (excluding diaryl/α,β-unsaturated/α-hetero) is 1. The van der Waals surface area contributed by atoms with Crippen LogP contribution in [0.2, 0.25) is 20.1 Å². The molecule has 2 unspecified atom stereocenters. The number of nitrogens with one attached hydrogen (secondary N) is 2. The van der Waals surface area contributed by atoms with E-state index in [2.05, 4.69) is 19.8 Å². The summed E-state index contributed by atoms with van der Waals surface area (Å²) in [5.74, 6) is -0.979. The van der Waals surface area contributed by atoms with Crippen molar-refractivity contribution in [2.75, 3.05) is 98.9 Å². The van der Waals surface area contributed by atoms with Crippen molar-refractivity contribution in [1.82, 2.24) is 19.8 Å². The monoisotopic (exact) mass is 1070 g/mol. The van der Waals surface area contributed by atoms with E-state index < -0.39 is 37.0 Å². The summed E-state index contributed by atoms with van der Waals surface area (Å²) in [7, 11) is -3.28. The summed E-state index contributed by atoms with van der Waals surface area (Å²) in [5, 5.41) is 5.06. The number of fused-ring (bicyclic) bond motifs is 2. The van der Waals surface area contributed by atoms with E-state index in [-0.39, 0.29) is 93.3 Å². The van der Waals surface area contributed by atoms with Gasteiger partial charge in [0.2, 0.25) is 15.9 Å². The first-order valence-corrected chi connectivity index (χ1v) is 27.3. The fourth-order valence-electron chi connectivity index (χ4n) is 8.32. The lowest BCUT2D eigenvalue weighted by molar-refractivity contribution is -0.143. The van der Waals surface area contributed by atoms with Gasteiger partial charge in [0.15, 0.2) is 15.6 Å². The third-order valence-corrected chi connectivity index (χ3v) is 16.6. The minimum Gasteiger partial charge on any atom is -0.379 e. The van der Waals surface area contributed by atoms with Gasteiger partial charge in [0, 0.05) is 77.8 Å². The van der Waals surface area contributed by atoms with E-state index in [1.54, 1.807) is 48.5 Å². The van der Waals surface area contributed by atoms with E-state index in [0.717, 1.165) is 46.5 Å². The highest BCUT2D eigenvalue weighted by Gasteiger charge is 2.35. The Hall–Kier alpha value is -3.20. The van der Waals surface area contributed by atoms with E-state index >= 15 is 0 Å². The molecule has 0 aromatic heterocycles.